The summed E-state index contributed by atoms with van der Waals surface area (Å²) >= 11 is 5.87. The average Bonchev–Trinajstić information content (AvgIpc) is 2.67. The molecule has 1 heterocycles. The molecule has 0 unspecified atom stereocenters. The molecule has 0 bridgehead atoms. The molecule has 2 aromatic carbocycles. The topological polar surface area (TPSA) is 69.3 Å². The molecule has 2 N–H and O–H groups in total. The third-order valence-corrected chi connectivity index (χ3v) is 4.75. The fourth-order valence-corrected chi connectivity index (χ4v) is 3.08. The molecule has 140 valence electrons. The van der Waals surface area contributed by atoms with Crippen LogP contribution in [0.4, 0.5) is 5.69 Å². The number of hydrogen-bond donors (Lipinski definition) is 2. The molecule has 1 aromatic heterocycles. The Bertz CT molecular complexity index is 1010. The van der Waals surface area contributed by atoms with Crippen LogP contribution in [0.1, 0.15) is 29.8 Å². The number of anilines is 1. The molecular formula is C21H22ClN3O2. The minimum absolute atomic E-state index is 0.146. The molecule has 0 fully saturated rings. The van der Waals surface area contributed by atoms with E-state index < -0.39 is 0 Å². The van der Waals surface area contributed by atoms with Crippen LogP contribution in [-0.4, -0.2) is 19.0 Å². The first-order chi connectivity index (χ1) is 13.0. The zero-order chi connectivity index (χ0) is 19.4. The first-order valence-electron chi connectivity index (χ1n) is 8.92. The van der Waals surface area contributed by atoms with Gasteiger partial charge in [-0.05, 0) is 49.7 Å². The van der Waals surface area contributed by atoms with Crippen molar-refractivity contribution in [3.05, 3.63) is 70.2 Å². The van der Waals surface area contributed by atoms with Crippen LogP contribution in [0.3, 0.4) is 0 Å². The van der Waals surface area contributed by atoms with Gasteiger partial charge in [0.2, 0.25) is 5.55 Å². The minimum atomic E-state index is -0.339. The lowest BCUT2D eigenvalue weighted by molar-refractivity contribution is 0.0946. The molecule has 0 radical (unpaired) electrons. The predicted octanol–water partition coefficient (Wildman–Crippen LogP) is 4.34. The molecule has 0 aliphatic heterocycles. The van der Waals surface area contributed by atoms with E-state index in [0.717, 1.165) is 29.7 Å². The monoisotopic (exact) mass is 383 g/mol. The Morgan fingerprint density at radius 1 is 1.11 bits per heavy atom. The van der Waals surface area contributed by atoms with E-state index in [-0.39, 0.29) is 17.0 Å². The summed E-state index contributed by atoms with van der Waals surface area (Å²) in [5, 5.41) is 12.4. The first-order valence-corrected chi connectivity index (χ1v) is 9.29. The maximum absolute atomic E-state index is 12.5. The highest BCUT2D eigenvalue weighted by atomic mass is 35.5. The predicted molar refractivity (Wildman–Crippen MR) is 108 cm³/mol. The molecule has 0 aliphatic rings. The number of carbonyl (C=O) groups is 1. The highest BCUT2D eigenvalue weighted by molar-refractivity contribution is 6.30. The number of halogens is 1. The van der Waals surface area contributed by atoms with Gasteiger partial charge in [-0.25, -0.2) is 0 Å². The summed E-state index contributed by atoms with van der Waals surface area (Å²) in [4.78, 5) is 14.7. The van der Waals surface area contributed by atoms with Crippen LogP contribution in [0.15, 0.2) is 52.9 Å². The lowest BCUT2D eigenvalue weighted by Crippen LogP contribution is -2.28. The van der Waals surface area contributed by atoms with Crippen LogP contribution < -0.4 is 15.8 Å². The second-order valence-electron chi connectivity index (χ2n) is 6.19. The number of hydrogen-bond acceptors (Lipinski definition) is 4. The number of rotatable bonds is 6. The van der Waals surface area contributed by atoms with Crippen LogP contribution in [0.25, 0.3) is 11.0 Å². The van der Waals surface area contributed by atoms with E-state index >= 15 is 0 Å². The molecule has 3 rings (SSSR count). The summed E-state index contributed by atoms with van der Waals surface area (Å²) < 4.78 is 5.62. The molecule has 6 heteroatoms. The Hall–Kier alpha value is -2.79. The van der Waals surface area contributed by atoms with E-state index in [2.05, 4.69) is 24.1 Å². The lowest BCUT2D eigenvalue weighted by Gasteiger charge is -2.21. The highest BCUT2D eigenvalue weighted by Crippen LogP contribution is 2.22. The number of nitrogens with zero attached hydrogens (tertiary/aromatic N) is 1. The van der Waals surface area contributed by atoms with Gasteiger partial charge >= 0.3 is 0 Å². The summed E-state index contributed by atoms with van der Waals surface area (Å²) in [6.45, 7) is 6.32. The second kappa shape index (κ2) is 8.27. The Labute approximate surface area is 163 Å². The van der Waals surface area contributed by atoms with Crippen molar-refractivity contribution in [2.45, 2.75) is 20.4 Å². The van der Waals surface area contributed by atoms with Crippen LogP contribution in [0.2, 0.25) is 5.02 Å². The van der Waals surface area contributed by atoms with Crippen molar-refractivity contribution < 1.29 is 9.21 Å². The maximum Gasteiger partial charge on any atom is 0.257 e. The molecule has 3 aromatic rings. The smallest absolute Gasteiger partial charge is 0.257 e. The highest BCUT2D eigenvalue weighted by Gasteiger charge is 2.12. The van der Waals surface area contributed by atoms with Crippen molar-refractivity contribution in [3.63, 3.8) is 0 Å². The summed E-state index contributed by atoms with van der Waals surface area (Å²) in [5.41, 5.74) is 2.63. The fraction of sp³-hybridized carbons (Fsp3) is 0.238. The van der Waals surface area contributed by atoms with Crippen LogP contribution in [-0.2, 0) is 6.54 Å². The van der Waals surface area contributed by atoms with Crippen molar-refractivity contribution in [1.29, 1.82) is 5.41 Å². The van der Waals surface area contributed by atoms with E-state index in [9.17, 15) is 4.79 Å². The van der Waals surface area contributed by atoms with Gasteiger partial charge in [0.15, 0.2) is 0 Å². The van der Waals surface area contributed by atoms with Gasteiger partial charge in [-0.1, -0.05) is 23.7 Å². The van der Waals surface area contributed by atoms with Gasteiger partial charge in [0.25, 0.3) is 5.91 Å². The van der Waals surface area contributed by atoms with Gasteiger partial charge in [0.05, 0.1) is 0 Å². The normalized spacial score (nSPS) is 10.8. The Balaban J connectivity index is 1.83. The van der Waals surface area contributed by atoms with E-state index in [1.54, 1.807) is 18.2 Å². The third kappa shape index (κ3) is 4.31. The van der Waals surface area contributed by atoms with Gasteiger partial charge in [0, 0.05) is 41.8 Å². The van der Waals surface area contributed by atoms with Crippen molar-refractivity contribution in [1.82, 2.24) is 5.32 Å². The van der Waals surface area contributed by atoms with E-state index in [1.165, 1.54) is 0 Å². The molecular weight excluding hydrogens is 362 g/mol. The van der Waals surface area contributed by atoms with Crippen LogP contribution >= 0.6 is 11.6 Å². The molecule has 0 atom stereocenters. The number of fused-ring (bicyclic) bond motifs is 1. The minimum Gasteiger partial charge on any atom is -0.438 e. The standard InChI is InChI=1S/C21H22ClN3O2/c1-3-25(4-2)17-10-7-15-11-18(20(23)27-19(15)12-17)21(26)24-13-14-5-8-16(22)9-6-14/h5-12,23H,3-4,13H2,1-2H3,(H,24,26). The zero-order valence-corrected chi connectivity index (χ0v) is 16.1. The van der Waals surface area contributed by atoms with Gasteiger partial charge in [-0.3, -0.25) is 10.2 Å². The Kier molecular flexibility index (Phi) is 5.81. The maximum atomic E-state index is 12.5. The van der Waals surface area contributed by atoms with Crippen molar-refractivity contribution >= 4 is 34.2 Å². The van der Waals surface area contributed by atoms with Gasteiger partial charge < -0.3 is 14.6 Å². The van der Waals surface area contributed by atoms with Crippen molar-refractivity contribution in [2.24, 2.45) is 0 Å². The van der Waals surface area contributed by atoms with Gasteiger partial charge in [0.1, 0.15) is 11.1 Å². The number of carbonyl (C=O) groups excluding carboxylic acids is 1. The molecule has 1 amide bonds. The summed E-state index contributed by atoms with van der Waals surface area (Å²) in [7, 11) is 0. The third-order valence-electron chi connectivity index (χ3n) is 4.49. The van der Waals surface area contributed by atoms with Gasteiger partial charge in [-0.2, -0.15) is 0 Å². The molecule has 0 saturated heterocycles. The molecule has 5 nitrogen and oxygen atoms in total. The van der Waals surface area contributed by atoms with Crippen molar-refractivity contribution in [3.8, 4) is 0 Å². The largest absolute Gasteiger partial charge is 0.438 e. The first kappa shape index (κ1) is 19.0. The van der Waals surface area contributed by atoms with E-state index in [1.807, 2.05) is 30.3 Å². The summed E-state index contributed by atoms with van der Waals surface area (Å²) in [5.74, 6) is -0.339. The lowest BCUT2D eigenvalue weighted by atomic mass is 10.1. The summed E-state index contributed by atoms with van der Waals surface area (Å²) in [6.07, 6.45) is 0. The van der Waals surface area contributed by atoms with Crippen molar-refractivity contribution in [2.75, 3.05) is 18.0 Å². The SMILES string of the molecule is CCN(CC)c1ccc2cc(C(=O)NCc3ccc(Cl)cc3)c(=N)oc2c1. The number of amides is 1. The summed E-state index contributed by atoms with van der Waals surface area (Å²) in [6, 6.07) is 14.8. The number of benzene rings is 2. The quantitative estimate of drug-likeness (QED) is 0.665. The van der Waals surface area contributed by atoms with Crippen LogP contribution in [0, 0.1) is 5.41 Å². The molecule has 0 saturated carbocycles. The molecule has 0 aliphatic carbocycles. The van der Waals surface area contributed by atoms with E-state index in [4.69, 9.17) is 21.4 Å². The molecule has 0 spiro atoms. The Morgan fingerprint density at radius 3 is 2.48 bits per heavy atom. The fourth-order valence-electron chi connectivity index (χ4n) is 2.95. The second-order valence-corrected chi connectivity index (χ2v) is 6.63. The average molecular weight is 384 g/mol. The Morgan fingerprint density at radius 2 is 1.81 bits per heavy atom. The zero-order valence-electron chi connectivity index (χ0n) is 15.4. The van der Waals surface area contributed by atoms with Gasteiger partial charge in [-0.15, -0.1) is 0 Å². The van der Waals surface area contributed by atoms with Crippen LogP contribution in [0.5, 0.6) is 0 Å². The molecule has 27 heavy (non-hydrogen) atoms. The number of nitrogens with one attached hydrogen (secondary N) is 2. The van der Waals surface area contributed by atoms with E-state index in [0.29, 0.717) is 17.2 Å².